The molecule has 1 fully saturated rings. The molecule has 1 atom stereocenters. The Labute approximate surface area is 159 Å². The van der Waals surface area contributed by atoms with Crippen LogP contribution in [0.4, 0.5) is 13.2 Å². The number of aliphatic imine (C=N–C) groups is 1. The van der Waals surface area contributed by atoms with E-state index >= 15 is 0 Å². The zero-order valence-corrected chi connectivity index (χ0v) is 16.8. The first kappa shape index (κ1) is 23.7. The summed E-state index contributed by atoms with van der Waals surface area (Å²) in [6.45, 7) is 6.83. The molecule has 144 valence electrons. The molecule has 1 aliphatic rings. The number of alkyl halides is 3. The normalized spacial score (nSPS) is 19.2. The Morgan fingerprint density at radius 2 is 2.04 bits per heavy atom. The average molecular weight is 466 g/mol. The van der Waals surface area contributed by atoms with Gasteiger partial charge in [-0.1, -0.05) is 0 Å². The summed E-state index contributed by atoms with van der Waals surface area (Å²) < 4.78 is 42.5. The molecule has 0 saturated carbocycles. The molecular weight excluding hydrogens is 436 g/mol. The molecule has 0 aromatic heterocycles. The summed E-state index contributed by atoms with van der Waals surface area (Å²) in [5, 5.41) is 6.37. The minimum atomic E-state index is -4.13. The number of nitrogens with one attached hydrogen (secondary N) is 2. The quantitative estimate of drug-likeness (QED) is 0.238. The van der Waals surface area contributed by atoms with Crippen LogP contribution in [0.1, 0.15) is 33.1 Å². The minimum absolute atomic E-state index is 0. The molecule has 0 aromatic rings. The molecule has 0 radical (unpaired) electrons. The van der Waals surface area contributed by atoms with E-state index in [4.69, 9.17) is 4.74 Å². The fourth-order valence-corrected chi connectivity index (χ4v) is 2.51. The topological polar surface area (TPSA) is 48.9 Å². The maximum atomic E-state index is 12.4. The summed E-state index contributed by atoms with van der Waals surface area (Å²) in [4.78, 5) is 5.91. The Bertz CT molecular complexity index is 356. The Kier molecular flexibility index (Phi) is 12.8. The molecule has 0 amide bonds. The molecule has 1 aliphatic heterocycles. The first-order valence-electron chi connectivity index (χ1n) is 8.36. The fraction of sp³-hybridized carbons (Fsp3) is 0.933. The number of nitrogens with zero attached hydrogens (tertiary/aromatic N) is 2. The van der Waals surface area contributed by atoms with E-state index in [1.54, 1.807) is 0 Å². The van der Waals surface area contributed by atoms with Crippen LogP contribution in [-0.4, -0.2) is 69.0 Å². The third-order valence-corrected chi connectivity index (χ3v) is 3.53. The SMILES string of the molecule is CCNC(=NCCCCOCC)NC1CCN(CC(F)(F)F)C1.I. The molecule has 0 bridgehead atoms. The van der Waals surface area contributed by atoms with Gasteiger partial charge in [-0.25, -0.2) is 0 Å². The molecule has 1 rings (SSSR count). The van der Waals surface area contributed by atoms with Gasteiger partial charge in [-0.3, -0.25) is 9.89 Å². The van der Waals surface area contributed by atoms with Crippen molar-refractivity contribution in [1.29, 1.82) is 0 Å². The largest absolute Gasteiger partial charge is 0.401 e. The van der Waals surface area contributed by atoms with E-state index in [2.05, 4.69) is 15.6 Å². The van der Waals surface area contributed by atoms with Gasteiger partial charge in [-0.2, -0.15) is 13.2 Å². The van der Waals surface area contributed by atoms with Crippen molar-refractivity contribution in [3.05, 3.63) is 0 Å². The summed E-state index contributed by atoms with van der Waals surface area (Å²) in [6, 6.07) is 0.0126. The smallest absolute Gasteiger partial charge is 0.382 e. The standard InChI is InChI=1S/C15H29F3N4O.HI/c1-3-19-14(20-8-5-6-10-23-4-2)21-13-7-9-22(11-13)12-15(16,17)18;/h13H,3-12H2,1-2H3,(H2,19,20,21);1H. The molecule has 0 aliphatic carbocycles. The van der Waals surface area contributed by atoms with Crippen LogP contribution in [0.2, 0.25) is 0 Å². The lowest BCUT2D eigenvalue weighted by Gasteiger charge is -2.19. The van der Waals surface area contributed by atoms with Crippen molar-refractivity contribution < 1.29 is 17.9 Å². The van der Waals surface area contributed by atoms with Gasteiger partial charge in [-0.15, -0.1) is 24.0 Å². The highest BCUT2D eigenvalue weighted by molar-refractivity contribution is 14.0. The number of hydrogen-bond donors (Lipinski definition) is 2. The minimum Gasteiger partial charge on any atom is -0.382 e. The van der Waals surface area contributed by atoms with E-state index in [0.29, 0.717) is 32.0 Å². The third kappa shape index (κ3) is 11.3. The fourth-order valence-electron chi connectivity index (χ4n) is 2.51. The van der Waals surface area contributed by atoms with Crippen LogP contribution in [0.15, 0.2) is 4.99 Å². The third-order valence-electron chi connectivity index (χ3n) is 3.53. The summed E-state index contributed by atoms with van der Waals surface area (Å²) in [7, 11) is 0. The molecule has 0 spiro atoms. The maximum Gasteiger partial charge on any atom is 0.401 e. The van der Waals surface area contributed by atoms with Crippen LogP contribution < -0.4 is 10.6 Å². The van der Waals surface area contributed by atoms with Gasteiger partial charge in [0.1, 0.15) is 0 Å². The molecule has 24 heavy (non-hydrogen) atoms. The van der Waals surface area contributed by atoms with E-state index in [9.17, 15) is 13.2 Å². The lowest BCUT2D eigenvalue weighted by Crippen LogP contribution is -2.45. The Hall–Kier alpha value is -0.290. The van der Waals surface area contributed by atoms with Crippen molar-refractivity contribution in [2.45, 2.75) is 45.3 Å². The highest BCUT2D eigenvalue weighted by Gasteiger charge is 2.34. The maximum absolute atomic E-state index is 12.4. The number of hydrogen-bond acceptors (Lipinski definition) is 3. The zero-order chi connectivity index (χ0) is 17.1. The molecule has 1 heterocycles. The monoisotopic (exact) mass is 466 g/mol. The van der Waals surface area contributed by atoms with Crippen molar-refractivity contribution in [1.82, 2.24) is 15.5 Å². The molecule has 9 heteroatoms. The van der Waals surface area contributed by atoms with Gasteiger partial charge in [0.2, 0.25) is 0 Å². The molecule has 2 N–H and O–H groups in total. The molecular formula is C15H30F3IN4O. The van der Waals surface area contributed by atoms with E-state index in [0.717, 1.165) is 32.6 Å². The van der Waals surface area contributed by atoms with Gasteiger partial charge < -0.3 is 15.4 Å². The zero-order valence-electron chi connectivity index (χ0n) is 14.5. The second-order valence-corrected chi connectivity index (χ2v) is 5.64. The Balaban J connectivity index is 0.00000529. The number of rotatable bonds is 9. The van der Waals surface area contributed by atoms with Crippen LogP contribution >= 0.6 is 24.0 Å². The highest BCUT2D eigenvalue weighted by Crippen LogP contribution is 2.19. The highest BCUT2D eigenvalue weighted by atomic mass is 127. The number of halogens is 4. The second kappa shape index (κ2) is 13.0. The second-order valence-electron chi connectivity index (χ2n) is 5.64. The van der Waals surface area contributed by atoms with E-state index in [-0.39, 0.29) is 30.0 Å². The number of ether oxygens (including phenoxy) is 1. The predicted octanol–water partition coefficient (Wildman–Crippen LogP) is 2.61. The molecule has 0 aromatic carbocycles. The van der Waals surface area contributed by atoms with Gasteiger partial charge in [-0.05, 0) is 33.1 Å². The Morgan fingerprint density at radius 3 is 2.67 bits per heavy atom. The van der Waals surface area contributed by atoms with Crippen LogP contribution in [0.25, 0.3) is 0 Å². The lowest BCUT2D eigenvalue weighted by molar-refractivity contribution is -0.143. The average Bonchev–Trinajstić information content (AvgIpc) is 2.87. The van der Waals surface area contributed by atoms with Gasteiger partial charge in [0.15, 0.2) is 5.96 Å². The van der Waals surface area contributed by atoms with E-state index < -0.39 is 12.7 Å². The number of likely N-dealkylation sites (tertiary alicyclic amines) is 1. The van der Waals surface area contributed by atoms with Crippen LogP contribution in [0, 0.1) is 0 Å². The van der Waals surface area contributed by atoms with Gasteiger partial charge in [0.25, 0.3) is 0 Å². The first-order chi connectivity index (χ1) is 10.9. The Morgan fingerprint density at radius 1 is 1.29 bits per heavy atom. The van der Waals surface area contributed by atoms with Crippen molar-refractivity contribution in [2.75, 3.05) is 45.9 Å². The van der Waals surface area contributed by atoms with Crippen LogP contribution in [0.5, 0.6) is 0 Å². The van der Waals surface area contributed by atoms with Crippen molar-refractivity contribution in [3.63, 3.8) is 0 Å². The molecule has 1 saturated heterocycles. The molecule has 1 unspecified atom stereocenters. The van der Waals surface area contributed by atoms with Crippen molar-refractivity contribution in [3.8, 4) is 0 Å². The van der Waals surface area contributed by atoms with E-state index in [1.165, 1.54) is 4.90 Å². The first-order valence-corrected chi connectivity index (χ1v) is 8.36. The number of guanidine groups is 1. The predicted molar refractivity (Wildman–Crippen MR) is 101 cm³/mol. The van der Waals surface area contributed by atoms with Gasteiger partial charge in [0.05, 0.1) is 6.54 Å². The summed E-state index contributed by atoms with van der Waals surface area (Å²) in [5.41, 5.74) is 0. The van der Waals surface area contributed by atoms with Gasteiger partial charge in [0, 0.05) is 45.4 Å². The molecule has 5 nitrogen and oxygen atoms in total. The van der Waals surface area contributed by atoms with Crippen molar-refractivity contribution >= 4 is 29.9 Å². The van der Waals surface area contributed by atoms with Crippen LogP contribution in [-0.2, 0) is 4.74 Å². The summed E-state index contributed by atoms with van der Waals surface area (Å²) >= 11 is 0. The van der Waals surface area contributed by atoms with Gasteiger partial charge >= 0.3 is 6.18 Å². The van der Waals surface area contributed by atoms with Crippen LogP contribution in [0.3, 0.4) is 0 Å². The number of unbranched alkanes of at least 4 members (excludes halogenated alkanes) is 1. The summed E-state index contributed by atoms with van der Waals surface area (Å²) in [5.74, 6) is 0.683. The summed E-state index contributed by atoms with van der Waals surface area (Å²) in [6.07, 6.45) is -1.54. The lowest BCUT2D eigenvalue weighted by atomic mass is 10.3. The van der Waals surface area contributed by atoms with Crippen molar-refractivity contribution in [2.24, 2.45) is 4.99 Å². The van der Waals surface area contributed by atoms with E-state index in [1.807, 2.05) is 13.8 Å².